The highest BCUT2D eigenvalue weighted by molar-refractivity contribution is 6.19. The fourth-order valence-corrected chi connectivity index (χ4v) is 8.75. The first-order valence-electron chi connectivity index (χ1n) is 20.7. The van der Waals surface area contributed by atoms with E-state index in [1.807, 2.05) is 97.1 Å². The van der Waals surface area contributed by atoms with Crippen molar-refractivity contribution in [3.63, 3.8) is 0 Å². The van der Waals surface area contributed by atoms with Crippen LogP contribution >= 0.6 is 0 Å². The number of aromatic nitrogens is 7. The van der Waals surface area contributed by atoms with Crippen molar-refractivity contribution in [2.45, 2.75) is 0 Å². The number of hydrogen-bond donors (Lipinski definition) is 0. The van der Waals surface area contributed by atoms with Crippen molar-refractivity contribution in [1.29, 1.82) is 0 Å². The second-order valence-electron chi connectivity index (χ2n) is 15.3. The fraction of sp³-hybridized carbons (Fsp3) is 0. The Morgan fingerprint density at radius 1 is 0.274 bits per heavy atom. The fourth-order valence-electron chi connectivity index (χ4n) is 8.75. The maximum atomic E-state index is 5.27. The highest BCUT2D eigenvalue weighted by atomic mass is 15.2. The molecular formula is C55H35N7. The molecule has 62 heavy (non-hydrogen) atoms. The van der Waals surface area contributed by atoms with Gasteiger partial charge in [0.2, 0.25) is 5.95 Å². The molecule has 0 unspecified atom stereocenters. The molecule has 8 aromatic carbocycles. The molecule has 0 aliphatic carbocycles. The average Bonchev–Trinajstić information content (AvgIpc) is 3.86. The van der Waals surface area contributed by atoms with Gasteiger partial charge in [0.05, 0.1) is 39.1 Å². The number of benzene rings is 8. The predicted molar refractivity (Wildman–Crippen MR) is 251 cm³/mol. The summed E-state index contributed by atoms with van der Waals surface area (Å²) in [5, 5.41) is 4.45. The largest absolute Gasteiger partial charge is 0.309 e. The summed E-state index contributed by atoms with van der Waals surface area (Å²) in [6.07, 6.45) is 0. The van der Waals surface area contributed by atoms with Crippen molar-refractivity contribution in [3.8, 4) is 68.3 Å². The summed E-state index contributed by atoms with van der Waals surface area (Å²) in [7, 11) is 0. The molecule has 0 atom stereocenters. The number of nitrogens with zero attached hydrogens (tertiary/aromatic N) is 7. The predicted octanol–water partition coefficient (Wildman–Crippen LogP) is 13.2. The molecule has 12 rings (SSSR count). The van der Waals surface area contributed by atoms with Gasteiger partial charge in [-0.25, -0.2) is 15.0 Å². The minimum Gasteiger partial charge on any atom is -0.309 e. The van der Waals surface area contributed by atoms with E-state index in [1.165, 1.54) is 0 Å². The molecule has 0 saturated carbocycles. The van der Waals surface area contributed by atoms with E-state index in [1.54, 1.807) is 0 Å². The first kappa shape index (κ1) is 35.4. The minimum atomic E-state index is 0.560. The van der Waals surface area contributed by atoms with Gasteiger partial charge < -0.3 is 4.57 Å². The lowest BCUT2D eigenvalue weighted by Crippen LogP contribution is -2.06. The van der Waals surface area contributed by atoms with Crippen molar-refractivity contribution in [3.05, 3.63) is 212 Å². The standard InChI is InChI=1S/C55H35N7/c1-5-19-36(20-6-1)45-35-46(57-52(56-45)37-21-7-2-8-22-37)42-29-15-18-32-49(42)61-47-30-16-13-27-40(47)43-34-51-44(33-50(43)61)41-28-14-17-31-48(41)62(51)55-59-53(38-23-9-3-10-24-38)58-54(60-55)39-25-11-4-12-26-39/h1-35H. The van der Waals surface area contributed by atoms with E-state index in [0.717, 1.165) is 88.5 Å². The van der Waals surface area contributed by atoms with Gasteiger partial charge in [-0.15, -0.1) is 0 Å². The molecular weight excluding hydrogens is 759 g/mol. The smallest absolute Gasteiger partial charge is 0.238 e. The van der Waals surface area contributed by atoms with Gasteiger partial charge in [-0.2, -0.15) is 9.97 Å². The SMILES string of the molecule is c1ccc(-c2cc(-c3ccccc3-n3c4ccccc4c4cc5c(cc43)c3ccccc3n5-c3nc(-c4ccccc4)nc(-c4ccccc4)n3)nc(-c3ccccc3)n2)cc1. The zero-order chi connectivity index (χ0) is 41.0. The summed E-state index contributed by atoms with van der Waals surface area (Å²) < 4.78 is 4.59. The summed E-state index contributed by atoms with van der Waals surface area (Å²) in [5.41, 5.74) is 11.8. The Bertz CT molecular complexity index is 3500. The lowest BCUT2D eigenvalue weighted by molar-refractivity contribution is 0.954. The lowest BCUT2D eigenvalue weighted by atomic mass is 10.0. The van der Waals surface area contributed by atoms with Crippen LogP contribution in [0.1, 0.15) is 0 Å². The molecule has 0 aliphatic rings. The van der Waals surface area contributed by atoms with Crippen LogP contribution in [0.25, 0.3) is 112 Å². The van der Waals surface area contributed by atoms with E-state index in [9.17, 15) is 0 Å². The average molecular weight is 794 g/mol. The van der Waals surface area contributed by atoms with Crippen molar-refractivity contribution in [1.82, 2.24) is 34.1 Å². The molecule has 0 spiro atoms. The quantitative estimate of drug-likeness (QED) is 0.161. The van der Waals surface area contributed by atoms with Crippen molar-refractivity contribution >= 4 is 43.6 Å². The summed E-state index contributed by atoms with van der Waals surface area (Å²) >= 11 is 0. The third kappa shape index (κ3) is 5.94. The second kappa shape index (κ2) is 14.6. The van der Waals surface area contributed by atoms with Crippen LogP contribution in [0, 0.1) is 0 Å². The van der Waals surface area contributed by atoms with Crippen LogP contribution in [-0.2, 0) is 0 Å². The van der Waals surface area contributed by atoms with E-state index in [-0.39, 0.29) is 0 Å². The van der Waals surface area contributed by atoms with E-state index in [4.69, 9.17) is 24.9 Å². The van der Waals surface area contributed by atoms with Crippen molar-refractivity contribution < 1.29 is 0 Å². The van der Waals surface area contributed by atoms with Crippen LogP contribution < -0.4 is 0 Å². The Kier molecular flexibility index (Phi) is 8.35. The highest BCUT2D eigenvalue weighted by Gasteiger charge is 2.23. The van der Waals surface area contributed by atoms with E-state index >= 15 is 0 Å². The zero-order valence-corrected chi connectivity index (χ0v) is 33.3. The molecule has 0 N–H and O–H groups in total. The van der Waals surface area contributed by atoms with Gasteiger partial charge in [0.25, 0.3) is 0 Å². The third-order valence-electron chi connectivity index (χ3n) is 11.6. The van der Waals surface area contributed by atoms with Gasteiger partial charge in [0, 0.05) is 49.4 Å². The van der Waals surface area contributed by atoms with Crippen LogP contribution in [0.15, 0.2) is 212 Å². The van der Waals surface area contributed by atoms with Gasteiger partial charge in [-0.3, -0.25) is 4.57 Å². The molecule has 4 heterocycles. The Labute approximate surface area is 356 Å². The van der Waals surface area contributed by atoms with Crippen LogP contribution in [0.4, 0.5) is 0 Å². The van der Waals surface area contributed by atoms with Crippen LogP contribution in [0.5, 0.6) is 0 Å². The molecule has 0 radical (unpaired) electrons. The molecule has 290 valence electrons. The Morgan fingerprint density at radius 3 is 1.26 bits per heavy atom. The van der Waals surface area contributed by atoms with Crippen molar-refractivity contribution in [2.24, 2.45) is 0 Å². The summed E-state index contributed by atoms with van der Waals surface area (Å²) in [6.45, 7) is 0. The third-order valence-corrected chi connectivity index (χ3v) is 11.6. The maximum Gasteiger partial charge on any atom is 0.238 e. The molecule has 12 aromatic rings. The first-order chi connectivity index (χ1) is 30.7. The Hall–Kier alpha value is -8.55. The molecule has 7 heteroatoms. The van der Waals surface area contributed by atoms with Crippen LogP contribution in [-0.4, -0.2) is 34.1 Å². The van der Waals surface area contributed by atoms with E-state index in [2.05, 4.69) is 124 Å². The number of hydrogen-bond acceptors (Lipinski definition) is 5. The summed E-state index contributed by atoms with van der Waals surface area (Å²) in [4.78, 5) is 25.8. The summed E-state index contributed by atoms with van der Waals surface area (Å²) in [6, 6.07) is 73.3. The zero-order valence-electron chi connectivity index (χ0n) is 33.3. The topological polar surface area (TPSA) is 74.3 Å². The molecule has 0 fully saturated rings. The van der Waals surface area contributed by atoms with Gasteiger partial charge in [-0.1, -0.05) is 176 Å². The summed E-state index contributed by atoms with van der Waals surface area (Å²) in [5.74, 6) is 2.47. The van der Waals surface area contributed by atoms with Gasteiger partial charge >= 0.3 is 0 Å². The lowest BCUT2D eigenvalue weighted by Gasteiger charge is -2.15. The Balaban J connectivity index is 1.12. The van der Waals surface area contributed by atoms with Gasteiger partial charge in [0.1, 0.15) is 0 Å². The Morgan fingerprint density at radius 2 is 0.694 bits per heavy atom. The molecule has 0 saturated heterocycles. The van der Waals surface area contributed by atoms with Crippen LogP contribution in [0.2, 0.25) is 0 Å². The van der Waals surface area contributed by atoms with Crippen molar-refractivity contribution in [2.75, 3.05) is 0 Å². The molecule has 4 aromatic heterocycles. The normalized spacial score (nSPS) is 11.5. The van der Waals surface area contributed by atoms with Gasteiger partial charge in [-0.05, 0) is 36.4 Å². The number of rotatable bonds is 7. The highest BCUT2D eigenvalue weighted by Crippen LogP contribution is 2.41. The molecule has 0 aliphatic heterocycles. The molecule has 0 bridgehead atoms. The maximum absolute atomic E-state index is 5.27. The van der Waals surface area contributed by atoms with Gasteiger partial charge in [0.15, 0.2) is 17.5 Å². The minimum absolute atomic E-state index is 0.560. The molecule has 7 nitrogen and oxygen atoms in total. The number of fused-ring (bicyclic) bond motifs is 6. The van der Waals surface area contributed by atoms with Crippen LogP contribution in [0.3, 0.4) is 0 Å². The van der Waals surface area contributed by atoms with E-state index < -0.39 is 0 Å². The number of para-hydroxylation sites is 3. The van der Waals surface area contributed by atoms with E-state index in [0.29, 0.717) is 23.4 Å². The monoisotopic (exact) mass is 793 g/mol. The molecule has 0 amide bonds. The second-order valence-corrected chi connectivity index (χ2v) is 15.3. The first-order valence-corrected chi connectivity index (χ1v) is 20.7.